The Morgan fingerprint density at radius 2 is 2.00 bits per heavy atom. The predicted molar refractivity (Wildman–Crippen MR) is 53.4 cm³/mol. The minimum atomic E-state index is -3.85. The number of aliphatic carboxylic acids is 1. The molecule has 0 unspecified atom stereocenters. The third-order valence-corrected chi connectivity index (χ3v) is 2.77. The second-order valence-corrected chi connectivity index (χ2v) is 5.93. The van der Waals surface area contributed by atoms with Gasteiger partial charge in [-0.3, -0.25) is 4.79 Å². The molecule has 0 spiro atoms. The first-order valence-corrected chi connectivity index (χ1v) is 5.85. The summed E-state index contributed by atoms with van der Waals surface area (Å²) in [6.45, 7) is 4.79. The van der Waals surface area contributed by atoms with Gasteiger partial charge in [0, 0.05) is 0 Å². The van der Waals surface area contributed by atoms with Gasteiger partial charge in [0.2, 0.25) is 10.0 Å². The number of nitrogens with zero attached hydrogens (tertiary/aromatic N) is 1. The standard InChI is InChI=1S/C8H14N2O4S/c1-8(2,3)6(7(11)12)10-15(13,14)5-4-9/h6,10H,5H2,1-3H3,(H,11,12)/t6-/m1/s1. The Kier molecular flexibility index (Phi) is 4.25. The molecule has 0 rings (SSSR count). The van der Waals surface area contributed by atoms with Gasteiger partial charge < -0.3 is 5.11 Å². The third-order valence-electron chi connectivity index (χ3n) is 1.66. The monoisotopic (exact) mass is 234 g/mol. The van der Waals surface area contributed by atoms with Crippen molar-refractivity contribution in [3.63, 3.8) is 0 Å². The fourth-order valence-corrected chi connectivity index (χ4v) is 1.97. The smallest absolute Gasteiger partial charge is 0.322 e. The van der Waals surface area contributed by atoms with Crippen LogP contribution in [0.1, 0.15) is 20.8 Å². The van der Waals surface area contributed by atoms with Crippen molar-refractivity contribution in [2.45, 2.75) is 26.8 Å². The summed E-state index contributed by atoms with van der Waals surface area (Å²) in [5.41, 5.74) is -0.756. The van der Waals surface area contributed by atoms with Gasteiger partial charge in [0.15, 0.2) is 5.75 Å². The maximum atomic E-state index is 11.2. The highest BCUT2D eigenvalue weighted by molar-refractivity contribution is 7.89. The van der Waals surface area contributed by atoms with Crippen molar-refractivity contribution in [3.8, 4) is 6.07 Å². The summed E-state index contributed by atoms with van der Waals surface area (Å²) in [6.07, 6.45) is 0. The van der Waals surface area contributed by atoms with Crippen LogP contribution < -0.4 is 4.72 Å². The molecule has 0 heterocycles. The average molecular weight is 234 g/mol. The first-order chi connectivity index (χ1) is 6.60. The molecule has 0 aliphatic carbocycles. The molecule has 0 radical (unpaired) electrons. The molecule has 0 aromatic heterocycles. The van der Waals surface area contributed by atoms with Crippen LogP contribution in [0.4, 0.5) is 0 Å². The van der Waals surface area contributed by atoms with Crippen LogP contribution in [0.5, 0.6) is 0 Å². The lowest BCUT2D eigenvalue weighted by atomic mass is 9.88. The van der Waals surface area contributed by atoms with Gasteiger partial charge in [-0.1, -0.05) is 20.8 Å². The Labute approximate surface area is 89.0 Å². The number of rotatable bonds is 4. The van der Waals surface area contributed by atoms with Gasteiger partial charge in [0.25, 0.3) is 0 Å². The summed E-state index contributed by atoms with van der Waals surface area (Å²) in [7, 11) is -3.85. The minimum absolute atomic E-state index is 0.743. The quantitative estimate of drug-likeness (QED) is 0.708. The van der Waals surface area contributed by atoms with Crippen molar-refractivity contribution >= 4 is 16.0 Å². The zero-order valence-corrected chi connectivity index (χ0v) is 9.63. The molecule has 0 aliphatic heterocycles. The lowest BCUT2D eigenvalue weighted by Crippen LogP contribution is -2.49. The summed E-state index contributed by atoms with van der Waals surface area (Å²) in [4.78, 5) is 10.8. The highest BCUT2D eigenvalue weighted by Crippen LogP contribution is 2.20. The molecule has 15 heavy (non-hydrogen) atoms. The molecule has 1 atom stereocenters. The van der Waals surface area contributed by atoms with Gasteiger partial charge >= 0.3 is 5.97 Å². The first-order valence-electron chi connectivity index (χ1n) is 4.20. The fourth-order valence-electron chi connectivity index (χ4n) is 0.904. The number of carboxylic acids is 1. The zero-order valence-electron chi connectivity index (χ0n) is 8.81. The van der Waals surface area contributed by atoms with E-state index in [4.69, 9.17) is 10.4 Å². The molecule has 0 aromatic carbocycles. The Morgan fingerprint density at radius 1 is 1.53 bits per heavy atom. The molecular formula is C8H14N2O4S. The SMILES string of the molecule is CC(C)(C)[C@H](NS(=O)(=O)CC#N)C(=O)O. The first kappa shape index (κ1) is 13.9. The van der Waals surface area contributed by atoms with Crippen LogP contribution in [0.25, 0.3) is 0 Å². The van der Waals surface area contributed by atoms with Gasteiger partial charge in [0.05, 0.1) is 6.07 Å². The topological polar surface area (TPSA) is 107 Å². The molecule has 7 heteroatoms. The Morgan fingerprint density at radius 3 is 2.27 bits per heavy atom. The zero-order chi connectivity index (χ0) is 12.3. The van der Waals surface area contributed by atoms with Crippen molar-refractivity contribution in [1.82, 2.24) is 4.72 Å². The maximum Gasteiger partial charge on any atom is 0.322 e. The molecule has 6 nitrogen and oxygen atoms in total. The van der Waals surface area contributed by atoms with E-state index in [9.17, 15) is 13.2 Å². The van der Waals surface area contributed by atoms with E-state index < -0.39 is 33.2 Å². The summed E-state index contributed by atoms with van der Waals surface area (Å²) in [5.74, 6) is -2.00. The van der Waals surface area contributed by atoms with Gasteiger partial charge in [0.1, 0.15) is 6.04 Å². The molecule has 0 saturated heterocycles. The number of sulfonamides is 1. The molecule has 0 bridgehead atoms. The van der Waals surface area contributed by atoms with Gasteiger partial charge in [-0.15, -0.1) is 0 Å². The second kappa shape index (κ2) is 4.59. The van der Waals surface area contributed by atoms with E-state index in [1.165, 1.54) is 6.07 Å². The van der Waals surface area contributed by atoms with Crippen LogP contribution in [-0.4, -0.2) is 31.3 Å². The molecule has 0 aliphatic rings. The van der Waals surface area contributed by atoms with E-state index in [0.717, 1.165) is 0 Å². The minimum Gasteiger partial charge on any atom is -0.480 e. The van der Waals surface area contributed by atoms with Crippen LogP contribution in [0.15, 0.2) is 0 Å². The largest absolute Gasteiger partial charge is 0.480 e. The van der Waals surface area contributed by atoms with Crippen molar-refractivity contribution in [3.05, 3.63) is 0 Å². The summed E-state index contributed by atoms with van der Waals surface area (Å²) >= 11 is 0. The highest BCUT2D eigenvalue weighted by atomic mass is 32.2. The van der Waals surface area contributed by atoms with Crippen LogP contribution in [-0.2, 0) is 14.8 Å². The van der Waals surface area contributed by atoms with E-state index in [-0.39, 0.29) is 0 Å². The number of hydrogen-bond donors (Lipinski definition) is 2. The van der Waals surface area contributed by atoms with Crippen LogP contribution in [0.3, 0.4) is 0 Å². The van der Waals surface area contributed by atoms with Crippen molar-refractivity contribution in [1.29, 1.82) is 5.26 Å². The van der Waals surface area contributed by atoms with Crippen molar-refractivity contribution in [2.75, 3.05) is 5.75 Å². The van der Waals surface area contributed by atoms with Gasteiger partial charge in [-0.05, 0) is 5.41 Å². The molecule has 0 amide bonds. The third kappa shape index (κ3) is 4.76. The number of nitrogens with one attached hydrogen (secondary N) is 1. The van der Waals surface area contributed by atoms with Crippen molar-refractivity contribution < 1.29 is 18.3 Å². The molecular weight excluding hydrogens is 220 g/mol. The Balaban J connectivity index is 4.89. The second-order valence-electron chi connectivity index (χ2n) is 4.17. The van der Waals surface area contributed by atoms with Crippen LogP contribution >= 0.6 is 0 Å². The molecule has 86 valence electrons. The average Bonchev–Trinajstić information content (AvgIpc) is 1.97. The van der Waals surface area contributed by atoms with E-state index in [1.54, 1.807) is 20.8 Å². The van der Waals surface area contributed by atoms with E-state index in [0.29, 0.717) is 0 Å². The Bertz CT molecular complexity index is 374. The van der Waals surface area contributed by atoms with E-state index in [1.807, 2.05) is 4.72 Å². The van der Waals surface area contributed by atoms with E-state index in [2.05, 4.69) is 0 Å². The summed E-state index contributed by atoms with van der Waals surface area (Å²) in [6, 6.07) is 0.220. The number of carbonyl (C=O) groups is 1. The van der Waals surface area contributed by atoms with Gasteiger partial charge in [-0.25, -0.2) is 8.42 Å². The molecule has 0 fully saturated rings. The summed E-state index contributed by atoms with van der Waals surface area (Å²) < 4.78 is 24.4. The molecule has 2 N–H and O–H groups in total. The summed E-state index contributed by atoms with van der Waals surface area (Å²) in [5, 5.41) is 17.1. The normalized spacial score (nSPS) is 14.3. The van der Waals surface area contributed by atoms with E-state index >= 15 is 0 Å². The highest BCUT2D eigenvalue weighted by Gasteiger charge is 2.34. The molecule has 0 aromatic rings. The molecule has 0 saturated carbocycles. The number of nitriles is 1. The van der Waals surface area contributed by atoms with Gasteiger partial charge in [-0.2, -0.15) is 9.98 Å². The number of carboxylic acid groups (broad SMARTS) is 1. The Hall–Kier alpha value is -1.13. The fraction of sp³-hybridized carbons (Fsp3) is 0.750. The van der Waals surface area contributed by atoms with Crippen LogP contribution in [0, 0.1) is 16.7 Å². The lowest BCUT2D eigenvalue weighted by Gasteiger charge is -2.27. The number of hydrogen-bond acceptors (Lipinski definition) is 4. The van der Waals surface area contributed by atoms with Crippen molar-refractivity contribution in [2.24, 2.45) is 5.41 Å². The maximum absolute atomic E-state index is 11.2. The van der Waals surface area contributed by atoms with Crippen LogP contribution in [0.2, 0.25) is 0 Å². The predicted octanol–water partition coefficient (Wildman–Crippen LogP) is -0.0713. The lowest BCUT2D eigenvalue weighted by molar-refractivity contribution is -0.141.